The Labute approximate surface area is 203 Å². The van der Waals surface area contributed by atoms with E-state index < -0.39 is 23.5 Å². The highest BCUT2D eigenvalue weighted by Crippen LogP contribution is 2.42. The van der Waals surface area contributed by atoms with E-state index in [1.54, 1.807) is 42.5 Å². The number of hydrogen-bond donors (Lipinski definition) is 1. The van der Waals surface area contributed by atoms with Crippen molar-refractivity contribution in [3.8, 4) is 6.07 Å². The molecule has 0 spiro atoms. The van der Waals surface area contributed by atoms with Crippen LogP contribution in [0.3, 0.4) is 0 Å². The van der Waals surface area contributed by atoms with Gasteiger partial charge >= 0.3 is 0 Å². The number of anilines is 1. The third-order valence-corrected chi connectivity index (χ3v) is 6.28. The van der Waals surface area contributed by atoms with E-state index in [0.717, 1.165) is 15.4 Å². The summed E-state index contributed by atoms with van der Waals surface area (Å²) in [5, 5.41) is 20.8. The van der Waals surface area contributed by atoms with Crippen molar-refractivity contribution >= 4 is 44.3 Å². The number of amides is 1. The summed E-state index contributed by atoms with van der Waals surface area (Å²) in [5.74, 6) is -1.86. The number of furan rings is 1. The molecule has 2 heterocycles. The lowest BCUT2D eigenvalue weighted by molar-refractivity contribution is -0.117. The van der Waals surface area contributed by atoms with Crippen LogP contribution in [0.2, 0.25) is 0 Å². The molecule has 4 aromatic rings. The van der Waals surface area contributed by atoms with Crippen molar-refractivity contribution in [2.75, 3.05) is 4.90 Å². The van der Waals surface area contributed by atoms with Gasteiger partial charge in [0, 0.05) is 15.5 Å². The lowest BCUT2D eigenvalue weighted by atomic mass is 9.93. The van der Waals surface area contributed by atoms with Gasteiger partial charge in [0.15, 0.2) is 11.5 Å². The number of halogens is 1. The molecular formula is C27H17BrN2O4. The van der Waals surface area contributed by atoms with Crippen LogP contribution in [0.1, 0.15) is 33.3 Å². The van der Waals surface area contributed by atoms with Gasteiger partial charge in [-0.15, -0.1) is 0 Å². The molecule has 0 fully saturated rings. The smallest absolute Gasteiger partial charge is 0.294 e. The van der Waals surface area contributed by atoms with Gasteiger partial charge in [0.25, 0.3) is 5.91 Å². The number of hydrogen-bond acceptors (Lipinski definition) is 5. The molecule has 1 aliphatic rings. The van der Waals surface area contributed by atoms with E-state index in [0.29, 0.717) is 22.4 Å². The molecule has 166 valence electrons. The van der Waals surface area contributed by atoms with Gasteiger partial charge in [-0.2, -0.15) is 5.26 Å². The second-order valence-electron chi connectivity index (χ2n) is 8.03. The normalized spacial score (nSPS) is 15.7. The van der Waals surface area contributed by atoms with Crippen LogP contribution < -0.4 is 4.90 Å². The SMILES string of the molecule is Cc1cccc(C2C(C(=O)c3cc4cc(Br)ccc4o3)=C(O)C(=O)N2c2ccc(C#N)cc2)c1. The van der Waals surface area contributed by atoms with Crippen molar-refractivity contribution in [2.24, 2.45) is 0 Å². The first-order valence-corrected chi connectivity index (χ1v) is 11.2. The molecule has 0 bridgehead atoms. The van der Waals surface area contributed by atoms with E-state index in [1.807, 2.05) is 43.3 Å². The predicted molar refractivity (Wildman–Crippen MR) is 130 cm³/mol. The molecule has 1 amide bonds. The average molecular weight is 513 g/mol. The molecule has 3 aromatic carbocycles. The number of carbonyl (C=O) groups excluding carboxylic acids is 2. The molecule has 7 heteroatoms. The Balaban J connectivity index is 1.66. The van der Waals surface area contributed by atoms with Crippen LogP contribution >= 0.6 is 15.9 Å². The number of aliphatic hydroxyl groups is 1. The van der Waals surface area contributed by atoms with E-state index >= 15 is 0 Å². The minimum absolute atomic E-state index is 0.0294. The summed E-state index contributed by atoms with van der Waals surface area (Å²) in [6.07, 6.45) is 0. The van der Waals surface area contributed by atoms with Gasteiger partial charge in [-0.25, -0.2) is 0 Å². The molecule has 0 aliphatic carbocycles. The average Bonchev–Trinajstić information content (AvgIpc) is 3.37. The van der Waals surface area contributed by atoms with Gasteiger partial charge in [-0.05, 0) is 61.0 Å². The van der Waals surface area contributed by atoms with Crippen molar-refractivity contribution in [3.05, 3.63) is 111 Å². The third kappa shape index (κ3) is 3.58. The largest absolute Gasteiger partial charge is 0.503 e. The highest BCUT2D eigenvalue weighted by atomic mass is 79.9. The number of aliphatic hydroxyl groups excluding tert-OH is 1. The summed E-state index contributed by atoms with van der Waals surface area (Å²) in [4.78, 5) is 28.3. The molecule has 6 nitrogen and oxygen atoms in total. The fraction of sp³-hybridized carbons (Fsp3) is 0.0741. The van der Waals surface area contributed by atoms with Crippen molar-refractivity contribution < 1.29 is 19.1 Å². The summed E-state index contributed by atoms with van der Waals surface area (Å²) in [6, 6.07) is 22.0. The Morgan fingerprint density at radius 2 is 1.85 bits per heavy atom. The highest BCUT2D eigenvalue weighted by Gasteiger charge is 2.45. The predicted octanol–water partition coefficient (Wildman–Crippen LogP) is 6.16. The number of benzene rings is 3. The molecule has 1 unspecified atom stereocenters. The van der Waals surface area contributed by atoms with E-state index in [9.17, 15) is 14.7 Å². The number of nitrogens with zero attached hydrogens (tertiary/aromatic N) is 2. The van der Waals surface area contributed by atoms with Crippen LogP contribution in [-0.2, 0) is 4.79 Å². The summed E-state index contributed by atoms with van der Waals surface area (Å²) < 4.78 is 6.61. The van der Waals surface area contributed by atoms with Crippen LogP contribution in [0, 0.1) is 18.3 Å². The Bertz CT molecular complexity index is 1540. The maximum Gasteiger partial charge on any atom is 0.294 e. The fourth-order valence-corrected chi connectivity index (χ4v) is 4.59. The van der Waals surface area contributed by atoms with E-state index in [4.69, 9.17) is 9.68 Å². The molecule has 1 aliphatic heterocycles. The third-order valence-electron chi connectivity index (χ3n) is 5.79. The minimum atomic E-state index is -0.868. The maximum atomic E-state index is 13.7. The zero-order chi connectivity index (χ0) is 24.0. The molecular weight excluding hydrogens is 496 g/mol. The maximum absolute atomic E-state index is 13.7. The lowest BCUT2D eigenvalue weighted by Crippen LogP contribution is -2.31. The Hall–Kier alpha value is -4.15. The number of ketones is 1. The Kier molecular flexibility index (Phi) is 5.31. The number of carbonyl (C=O) groups is 2. The molecule has 0 radical (unpaired) electrons. The first-order chi connectivity index (χ1) is 16.4. The van der Waals surface area contributed by atoms with Gasteiger partial charge in [0.05, 0.1) is 23.2 Å². The van der Waals surface area contributed by atoms with E-state index in [-0.39, 0.29) is 11.3 Å². The second-order valence-corrected chi connectivity index (χ2v) is 8.95. The van der Waals surface area contributed by atoms with Crippen LogP contribution in [0.15, 0.2) is 93.0 Å². The summed E-state index contributed by atoms with van der Waals surface area (Å²) in [7, 11) is 0. The Morgan fingerprint density at radius 3 is 2.56 bits per heavy atom. The minimum Gasteiger partial charge on any atom is -0.503 e. The van der Waals surface area contributed by atoms with Gasteiger partial charge < -0.3 is 9.52 Å². The standard InChI is InChI=1S/C27H17BrN2O4/c1-15-3-2-4-17(11-15)24-23(25(31)22-13-18-12-19(28)7-10-21(18)34-22)26(32)27(33)30(24)20-8-5-16(14-29)6-9-20/h2-13,24,32H,1H3. The molecule has 1 N–H and O–H groups in total. The molecule has 34 heavy (non-hydrogen) atoms. The summed E-state index contributed by atoms with van der Waals surface area (Å²) >= 11 is 3.41. The number of aryl methyl sites for hydroxylation is 1. The van der Waals surface area contributed by atoms with Crippen molar-refractivity contribution in [2.45, 2.75) is 13.0 Å². The van der Waals surface area contributed by atoms with Gasteiger partial charge in [0.2, 0.25) is 5.78 Å². The number of nitriles is 1. The van der Waals surface area contributed by atoms with Crippen LogP contribution in [-0.4, -0.2) is 16.8 Å². The van der Waals surface area contributed by atoms with Gasteiger partial charge in [0.1, 0.15) is 5.58 Å². The zero-order valence-corrected chi connectivity index (χ0v) is 19.5. The van der Waals surface area contributed by atoms with Crippen molar-refractivity contribution in [1.82, 2.24) is 0 Å². The summed E-state index contributed by atoms with van der Waals surface area (Å²) in [5.41, 5.74) is 2.97. The first-order valence-electron chi connectivity index (χ1n) is 10.4. The molecule has 0 saturated heterocycles. The monoisotopic (exact) mass is 512 g/mol. The topological polar surface area (TPSA) is 94.5 Å². The van der Waals surface area contributed by atoms with Crippen LogP contribution in [0.5, 0.6) is 0 Å². The Morgan fingerprint density at radius 1 is 1.09 bits per heavy atom. The zero-order valence-electron chi connectivity index (χ0n) is 17.9. The van der Waals surface area contributed by atoms with E-state index in [2.05, 4.69) is 15.9 Å². The fourth-order valence-electron chi connectivity index (χ4n) is 4.21. The number of Topliss-reactive ketones (excluding diaryl/α,β-unsaturated/α-hetero) is 1. The van der Waals surface area contributed by atoms with Crippen LogP contribution in [0.25, 0.3) is 11.0 Å². The molecule has 1 atom stereocenters. The number of fused-ring (bicyclic) bond motifs is 1. The van der Waals surface area contributed by atoms with Gasteiger partial charge in [-0.3, -0.25) is 14.5 Å². The second kappa shape index (κ2) is 8.32. The number of rotatable bonds is 4. The lowest BCUT2D eigenvalue weighted by Gasteiger charge is -2.27. The van der Waals surface area contributed by atoms with E-state index in [1.165, 1.54) is 4.90 Å². The molecule has 0 saturated carbocycles. The van der Waals surface area contributed by atoms with Crippen molar-refractivity contribution in [1.29, 1.82) is 5.26 Å². The first kappa shape index (κ1) is 21.7. The quantitative estimate of drug-likeness (QED) is 0.330. The van der Waals surface area contributed by atoms with Crippen molar-refractivity contribution in [3.63, 3.8) is 0 Å². The summed E-state index contributed by atoms with van der Waals surface area (Å²) in [6.45, 7) is 1.91. The molecule has 5 rings (SSSR count). The highest BCUT2D eigenvalue weighted by molar-refractivity contribution is 9.10. The van der Waals surface area contributed by atoms with Gasteiger partial charge in [-0.1, -0.05) is 45.8 Å². The molecule has 1 aromatic heterocycles. The van der Waals surface area contributed by atoms with Crippen LogP contribution in [0.4, 0.5) is 5.69 Å².